The summed E-state index contributed by atoms with van der Waals surface area (Å²) in [7, 11) is 0. The average Bonchev–Trinajstić information content (AvgIpc) is 2.78. The zero-order chi connectivity index (χ0) is 12.0. The zero-order valence-corrected chi connectivity index (χ0v) is 10.6. The lowest BCUT2D eigenvalue weighted by atomic mass is 9.98. The molecule has 3 heteroatoms. The molecule has 1 saturated heterocycles. The number of hydrogen-bond donors (Lipinski definition) is 1. The Balaban J connectivity index is 2.42. The molecule has 1 rings (SSSR count). The van der Waals surface area contributed by atoms with E-state index in [1.165, 1.54) is 0 Å². The number of nitrogens with zero attached hydrogens (tertiary/aromatic N) is 1. The van der Waals surface area contributed by atoms with Crippen molar-refractivity contribution in [1.29, 1.82) is 0 Å². The Hall–Kier alpha value is -0.570. The Morgan fingerprint density at radius 1 is 1.50 bits per heavy atom. The van der Waals surface area contributed by atoms with Gasteiger partial charge in [0.05, 0.1) is 0 Å². The summed E-state index contributed by atoms with van der Waals surface area (Å²) in [4.78, 5) is 14.1. The molecule has 0 aromatic carbocycles. The maximum atomic E-state index is 12.2. The highest BCUT2D eigenvalue weighted by Gasteiger charge is 2.29. The van der Waals surface area contributed by atoms with Crippen molar-refractivity contribution in [2.24, 2.45) is 11.8 Å². The number of rotatable bonds is 6. The molecule has 1 aliphatic heterocycles. The van der Waals surface area contributed by atoms with Gasteiger partial charge in [-0.05, 0) is 19.3 Å². The van der Waals surface area contributed by atoms with E-state index in [0.717, 1.165) is 45.2 Å². The van der Waals surface area contributed by atoms with Gasteiger partial charge in [-0.1, -0.05) is 26.7 Å². The molecule has 0 saturated carbocycles. The lowest BCUT2D eigenvalue weighted by Gasteiger charge is -2.22. The second-order valence-corrected chi connectivity index (χ2v) is 4.87. The van der Waals surface area contributed by atoms with Crippen molar-refractivity contribution in [2.75, 3.05) is 19.7 Å². The number of amides is 1. The van der Waals surface area contributed by atoms with E-state index in [-0.39, 0.29) is 12.5 Å². The van der Waals surface area contributed by atoms with Crippen molar-refractivity contribution < 1.29 is 9.90 Å². The highest BCUT2D eigenvalue weighted by molar-refractivity contribution is 5.79. The van der Waals surface area contributed by atoms with Crippen LogP contribution in [0, 0.1) is 11.8 Å². The van der Waals surface area contributed by atoms with Gasteiger partial charge >= 0.3 is 0 Å². The van der Waals surface area contributed by atoms with E-state index >= 15 is 0 Å². The maximum absolute atomic E-state index is 12.2. The molecule has 94 valence electrons. The van der Waals surface area contributed by atoms with Gasteiger partial charge in [0.25, 0.3) is 0 Å². The van der Waals surface area contributed by atoms with Crippen LogP contribution in [0.3, 0.4) is 0 Å². The van der Waals surface area contributed by atoms with Gasteiger partial charge in [0.15, 0.2) is 0 Å². The van der Waals surface area contributed by atoms with E-state index in [9.17, 15) is 4.79 Å². The van der Waals surface area contributed by atoms with Crippen molar-refractivity contribution in [1.82, 2.24) is 4.90 Å². The molecule has 0 spiro atoms. The summed E-state index contributed by atoms with van der Waals surface area (Å²) in [5, 5.41) is 9.06. The molecule has 1 amide bonds. The molecular weight excluding hydrogens is 202 g/mol. The molecule has 0 aliphatic carbocycles. The molecule has 1 heterocycles. The standard InChI is InChI=1S/C13H25NO2/c1-3-5-6-12(4-2)13(16)14-8-7-11(9-14)10-15/h11-12,15H,3-10H2,1-2H3/t11-,12-/m1/s1. The Labute approximate surface area is 98.8 Å². The van der Waals surface area contributed by atoms with Crippen LogP contribution in [-0.2, 0) is 4.79 Å². The first-order valence-electron chi connectivity index (χ1n) is 6.62. The molecule has 0 aromatic heterocycles. The van der Waals surface area contributed by atoms with Gasteiger partial charge in [0.2, 0.25) is 5.91 Å². The van der Waals surface area contributed by atoms with Crippen molar-refractivity contribution in [3.8, 4) is 0 Å². The highest BCUT2D eigenvalue weighted by Crippen LogP contribution is 2.21. The second-order valence-electron chi connectivity index (χ2n) is 4.87. The molecule has 1 fully saturated rings. The van der Waals surface area contributed by atoms with Crippen LogP contribution < -0.4 is 0 Å². The third-order valence-electron chi connectivity index (χ3n) is 3.60. The van der Waals surface area contributed by atoms with Gasteiger partial charge in [-0.2, -0.15) is 0 Å². The first kappa shape index (κ1) is 13.5. The van der Waals surface area contributed by atoms with E-state index in [0.29, 0.717) is 11.8 Å². The molecule has 16 heavy (non-hydrogen) atoms. The molecular formula is C13H25NO2. The van der Waals surface area contributed by atoms with E-state index in [4.69, 9.17) is 5.11 Å². The van der Waals surface area contributed by atoms with Crippen LogP contribution in [0.4, 0.5) is 0 Å². The van der Waals surface area contributed by atoms with Crippen molar-refractivity contribution >= 4 is 5.91 Å². The van der Waals surface area contributed by atoms with Gasteiger partial charge in [-0.3, -0.25) is 4.79 Å². The SMILES string of the molecule is CCCC[C@@H](CC)C(=O)N1CC[C@@H](CO)C1. The van der Waals surface area contributed by atoms with Crippen molar-refractivity contribution in [2.45, 2.75) is 46.0 Å². The molecule has 1 aliphatic rings. The number of carbonyl (C=O) groups excluding carboxylic acids is 1. The molecule has 0 radical (unpaired) electrons. The Bertz CT molecular complexity index is 214. The molecule has 2 atom stereocenters. The lowest BCUT2D eigenvalue weighted by molar-refractivity contribution is -0.135. The number of carbonyl (C=O) groups is 1. The average molecular weight is 227 g/mol. The fourth-order valence-corrected chi connectivity index (χ4v) is 2.39. The summed E-state index contributed by atoms with van der Waals surface area (Å²) in [6, 6.07) is 0. The monoisotopic (exact) mass is 227 g/mol. The maximum Gasteiger partial charge on any atom is 0.225 e. The predicted octanol–water partition coefficient (Wildman–Crippen LogP) is 2.04. The molecule has 3 nitrogen and oxygen atoms in total. The van der Waals surface area contributed by atoms with E-state index < -0.39 is 0 Å². The summed E-state index contributed by atoms with van der Waals surface area (Å²) >= 11 is 0. The largest absolute Gasteiger partial charge is 0.396 e. The number of aliphatic hydroxyl groups excluding tert-OH is 1. The summed E-state index contributed by atoms with van der Waals surface area (Å²) in [6.07, 6.45) is 5.22. The van der Waals surface area contributed by atoms with Gasteiger partial charge < -0.3 is 10.0 Å². The smallest absolute Gasteiger partial charge is 0.225 e. The van der Waals surface area contributed by atoms with Crippen LogP contribution in [0.2, 0.25) is 0 Å². The molecule has 0 unspecified atom stereocenters. The van der Waals surface area contributed by atoms with E-state index in [1.807, 2.05) is 4.90 Å². The van der Waals surface area contributed by atoms with Crippen LogP contribution in [-0.4, -0.2) is 35.6 Å². The van der Waals surface area contributed by atoms with Crippen LogP contribution in [0.25, 0.3) is 0 Å². The fraction of sp³-hybridized carbons (Fsp3) is 0.923. The van der Waals surface area contributed by atoms with Gasteiger partial charge in [-0.15, -0.1) is 0 Å². The van der Waals surface area contributed by atoms with Crippen LogP contribution in [0.5, 0.6) is 0 Å². The van der Waals surface area contributed by atoms with Gasteiger partial charge in [0, 0.05) is 31.5 Å². The third-order valence-corrected chi connectivity index (χ3v) is 3.60. The Morgan fingerprint density at radius 3 is 2.75 bits per heavy atom. The van der Waals surface area contributed by atoms with Crippen LogP contribution in [0.1, 0.15) is 46.0 Å². The van der Waals surface area contributed by atoms with Crippen LogP contribution >= 0.6 is 0 Å². The summed E-state index contributed by atoms with van der Waals surface area (Å²) in [6.45, 7) is 6.08. The van der Waals surface area contributed by atoms with Crippen molar-refractivity contribution in [3.63, 3.8) is 0 Å². The lowest BCUT2D eigenvalue weighted by Crippen LogP contribution is -2.34. The zero-order valence-electron chi connectivity index (χ0n) is 10.6. The number of unbranched alkanes of at least 4 members (excludes halogenated alkanes) is 1. The second kappa shape index (κ2) is 6.89. The van der Waals surface area contributed by atoms with Crippen molar-refractivity contribution in [3.05, 3.63) is 0 Å². The minimum atomic E-state index is 0.206. The first-order chi connectivity index (χ1) is 7.72. The quantitative estimate of drug-likeness (QED) is 0.754. The minimum absolute atomic E-state index is 0.206. The molecule has 0 bridgehead atoms. The Kier molecular flexibility index (Phi) is 5.81. The highest BCUT2D eigenvalue weighted by atomic mass is 16.3. The number of aliphatic hydroxyl groups is 1. The first-order valence-corrected chi connectivity index (χ1v) is 6.62. The topological polar surface area (TPSA) is 40.5 Å². The predicted molar refractivity (Wildman–Crippen MR) is 65.1 cm³/mol. The normalized spacial score (nSPS) is 22.4. The summed E-state index contributed by atoms with van der Waals surface area (Å²) in [5.74, 6) is 0.830. The number of hydrogen-bond acceptors (Lipinski definition) is 2. The minimum Gasteiger partial charge on any atom is -0.396 e. The van der Waals surface area contributed by atoms with Crippen LogP contribution in [0.15, 0.2) is 0 Å². The molecule has 1 N–H and O–H groups in total. The fourth-order valence-electron chi connectivity index (χ4n) is 2.39. The van der Waals surface area contributed by atoms with E-state index in [2.05, 4.69) is 13.8 Å². The molecule has 0 aromatic rings. The van der Waals surface area contributed by atoms with E-state index in [1.54, 1.807) is 0 Å². The summed E-state index contributed by atoms with van der Waals surface area (Å²) < 4.78 is 0. The van der Waals surface area contributed by atoms with Gasteiger partial charge in [-0.25, -0.2) is 0 Å². The Morgan fingerprint density at radius 2 is 2.25 bits per heavy atom. The summed E-state index contributed by atoms with van der Waals surface area (Å²) in [5.41, 5.74) is 0. The third kappa shape index (κ3) is 3.48. The number of likely N-dealkylation sites (tertiary alicyclic amines) is 1. The van der Waals surface area contributed by atoms with Gasteiger partial charge in [0.1, 0.15) is 0 Å².